The molecular weight excluding hydrogens is 257 g/mol. The van der Waals surface area contributed by atoms with Crippen LogP contribution in [0.3, 0.4) is 0 Å². The summed E-state index contributed by atoms with van der Waals surface area (Å²) in [6.07, 6.45) is 0. The highest BCUT2D eigenvalue weighted by atomic mass is 19.1. The molecular formula is C15H24FN3O. The number of guanidine groups is 1. The Bertz CT molecular complexity index is 446. The van der Waals surface area contributed by atoms with E-state index in [1.165, 1.54) is 12.1 Å². The van der Waals surface area contributed by atoms with Gasteiger partial charge >= 0.3 is 0 Å². The molecule has 0 amide bonds. The van der Waals surface area contributed by atoms with Crippen molar-refractivity contribution in [1.29, 1.82) is 0 Å². The van der Waals surface area contributed by atoms with Gasteiger partial charge in [-0.15, -0.1) is 0 Å². The minimum Gasteiger partial charge on any atom is -0.377 e. The van der Waals surface area contributed by atoms with E-state index in [1.54, 1.807) is 13.2 Å². The van der Waals surface area contributed by atoms with Crippen molar-refractivity contribution >= 4 is 5.96 Å². The standard InChI is InChI=1S/C15H24FN3O/c1-5-17-14(19-11-15(2,3)20-4)18-10-12-7-6-8-13(16)9-12/h6-9H,5,10-11H2,1-4H3,(H2,17,18,19). The Labute approximate surface area is 120 Å². The molecule has 0 atom stereocenters. The van der Waals surface area contributed by atoms with E-state index in [9.17, 15) is 4.39 Å². The highest BCUT2D eigenvalue weighted by Gasteiger charge is 2.16. The molecule has 1 aromatic rings. The predicted octanol–water partition coefficient (Wildman–Crippen LogP) is 2.31. The van der Waals surface area contributed by atoms with E-state index in [-0.39, 0.29) is 11.4 Å². The molecule has 0 aromatic heterocycles. The van der Waals surface area contributed by atoms with Crippen molar-refractivity contribution in [2.75, 3.05) is 20.2 Å². The monoisotopic (exact) mass is 281 g/mol. The van der Waals surface area contributed by atoms with Gasteiger partial charge in [-0.1, -0.05) is 12.1 Å². The van der Waals surface area contributed by atoms with Gasteiger partial charge in [-0.25, -0.2) is 9.38 Å². The van der Waals surface area contributed by atoms with Crippen LogP contribution in [0, 0.1) is 5.82 Å². The normalized spacial score (nSPS) is 12.3. The number of aliphatic imine (C=N–C) groups is 1. The average Bonchev–Trinajstić information content (AvgIpc) is 2.42. The zero-order valence-electron chi connectivity index (χ0n) is 12.7. The van der Waals surface area contributed by atoms with Crippen LogP contribution in [0.4, 0.5) is 4.39 Å². The van der Waals surface area contributed by atoms with Gasteiger partial charge in [0.1, 0.15) is 5.82 Å². The molecule has 0 spiro atoms. The van der Waals surface area contributed by atoms with Gasteiger partial charge < -0.3 is 15.4 Å². The van der Waals surface area contributed by atoms with Crippen LogP contribution in [-0.4, -0.2) is 31.8 Å². The molecule has 1 rings (SSSR count). The quantitative estimate of drug-likeness (QED) is 0.621. The molecule has 0 aliphatic rings. The van der Waals surface area contributed by atoms with Crippen LogP contribution >= 0.6 is 0 Å². The Morgan fingerprint density at radius 3 is 2.70 bits per heavy atom. The summed E-state index contributed by atoms with van der Waals surface area (Å²) in [6, 6.07) is 6.47. The molecule has 0 fully saturated rings. The summed E-state index contributed by atoms with van der Waals surface area (Å²) in [5.74, 6) is 0.457. The molecule has 0 heterocycles. The van der Waals surface area contributed by atoms with Gasteiger partial charge in [-0.2, -0.15) is 0 Å². The van der Waals surface area contributed by atoms with Gasteiger partial charge in [0.15, 0.2) is 5.96 Å². The first kappa shape index (κ1) is 16.4. The van der Waals surface area contributed by atoms with Crippen LogP contribution in [0.2, 0.25) is 0 Å². The second-order valence-electron chi connectivity index (χ2n) is 5.14. The molecule has 1 aromatic carbocycles. The SMILES string of the molecule is CCNC(=NCc1cccc(F)c1)NCC(C)(C)OC. The van der Waals surface area contributed by atoms with Gasteiger partial charge in [0, 0.05) is 20.2 Å². The molecule has 2 N–H and O–H groups in total. The van der Waals surface area contributed by atoms with E-state index >= 15 is 0 Å². The third-order valence-corrected chi connectivity index (χ3v) is 2.89. The lowest BCUT2D eigenvalue weighted by Crippen LogP contribution is -2.45. The summed E-state index contributed by atoms with van der Waals surface area (Å²) >= 11 is 0. The highest BCUT2D eigenvalue weighted by molar-refractivity contribution is 5.79. The molecule has 5 heteroatoms. The van der Waals surface area contributed by atoms with Crippen molar-refractivity contribution in [3.05, 3.63) is 35.6 Å². The first-order chi connectivity index (χ1) is 9.46. The second kappa shape index (κ2) is 7.85. The molecule has 20 heavy (non-hydrogen) atoms. The fourth-order valence-corrected chi connectivity index (χ4v) is 1.52. The van der Waals surface area contributed by atoms with Gasteiger partial charge in [-0.3, -0.25) is 0 Å². The van der Waals surface area contributed by atoms with Crippen molar-refractivity contribution in [2.45, 2.75) is 32.9 Å². The van der Waals surface area contributed by atoms with E-state index in [4.69, 9.17) is 4.74 Å². The van der Waals surface area contributed by atoms with Crippen molar-refractivity contribution in [3.63, 3.8) is 0 Å². The van der Waals surface area contributed by atoms with Crippen LogP contribution in [-0.2, 0) is 11.3 Å². The smallest absolute Gasteiger partial charge is 0.191 e. The molecule has 112 valence electrons. The zero-order valence-corrected chi connectivity index (χ0v) is 12.7. The van der Waals surface area contributed by atoms with Crippen LogP contribution in [0.15, 0.2) is 29.3 Å². The molecule has 0 saturated carbocycles. The lowest BCUT2D eigenvalue weighted by atomic mass is 10.1. The van der Waals surface area contributed by atoms with Gasteiger partial charge in [0.2, 0.25) is 0 Å². The Morgan fingerprint density at radius 1 is 1.35 bits per heavy atom. The predicted molar refractivity (Wildman–Crippen MR) is 80.3 cm³/mol. The molecule has 4 nitrogen and oxygen atoms in total. The van der Waals surface area contributed by atoms with Crippen molar-refractivity contribution in [2.24, 2.45) is 4.99 Å². The van der Waals surface area contributed by atoms with Crippen LogP contribution < -0.4 is 10.6 Å². The number of methoxy groups -OCH3 is 1. The number of benzene rings is 1. The summed E-state index contributed by atoms with van der Waals surface area (Å²) in [4.78, 5) is 4.43. The van der Waals surface area contributed by atoms with Crippen molar-refractivity contribution in [3.8, 4) is 0 Å². The molecule has 0 aliphatic heterocycles. The number of hydrogen-bond acceptors (Lipinski definition) is 2. The highest BCUT2D eigenvalue weighted by Crippen LogP contribution is 2.06. The summed E-state index contributed by atoms with van der Waals surface area (Å²) in [5, 5.41) is 6.37. The average molecular weight is 281 g/mol. The lowest BCUT2D eigenvalue weighted by Gasteiger charge is -2.24. The Kier molecular flexibility index (Phi) is 6.45. The van der Waals surface area contributed by atoms with Crippen LogP contribution in [0.1, 0.15) is 26.3 Å². The first-order valence-corrected chi connectivity index (χ1v) is 6.78. The lowest BCUT2D eigenvalue weighted by molar-refractivity contribution is 0.0268. The third kappa shape index (κ3) is 6.02. The topological polar surface area (TPSA) is 45.7 Å². The minimum absolute atomic E-state index is 0.240. The molecule has 0 aliphatic carbocycles. The van der Waals surface area contributed by atoms with Crippen LogP contribution in [0.25, 0.3) is 0 Å². The molecule has 0 bridgehead atoms. The van der Waals surface area contributed by atoms with Crippen LogP contribution in [0.5, 0.6) is 0 Å². The second-order valence-corrected chi connectivity index (χ2v) is 5.14. The number of halogens is 1. The van der Waals surface area contributed by atoms with E-state index in [0.717, 1.165) is 12.1 Å². The third-order valence-electron chi connectivity index (χ3n) is 2.89. The molecule has 0 saturated heterocycles. The van der Waals surface area contributed by atoms with Gasteiger partial charge in [0.25, 0.3) is 0 Å². The summed E-state index contributed by atoms with van der Waals surface area (Å²) in [5.41, 5.74) is 0.572. The Morgan fingerprint density at radius 2 is 2.10 bits per heavy atom. The fourth-order valence-electron chi connectivity index (χ4n) is 1.52. The summed E-state index contributed by atoms with van der Waals surface area (Å²) in [7, 11) is 1.68. The summed E-state index contributed by atoms with van der Waals surface area (Å²) in [6.45, 7) is 7.83. The Hall–Kier alpha value is -1.62. The molecule has 0 unspecified atom stereocenters. The minimum atomic E-state index is -0.269. The molecule has 0 radical (unpaired) electrons. The van der Waals surface area contributed by atoms with E-state index in [1.807, 2.05) is 26.8 Å². The van der Waals surface area contributed by atoms with E-state index < -0.39 is 0 Å². The van der Waals surface area contributed by atoms with Gasteiger partial charge in [-0.05, 0) is 38.5 Å². The number of hydrogen-bond donors (Lipinski definition) is 2. The van der Waals surface area contributed by atoms with Crippen molar-refractivity contribution in [1.82, 2.24) is 10.6 Å². The zero-order chi connectivity index (χ0) is 15.0. The van der Waals surface area contributed by atoms with E-state index in [0.29, 0.717) is 19.0 Å². The fraction of sp³-hybridized carbons (Fsp3) is 0.533. The number of ether oxygens (including phenoxy) is 1. The van der Waals surface area contributed by atoms with Crippen molar-refractivity contribution < 1.29 is 9.13 Å². The first-order valence-electron chi connectivity index (χ1n) is 6.78. The van der Waals surface area contributed by atoms with Gasteiger partial charge in [0.05, 0.1) is 12.1 Å². The maximum Gasteiger partial charge on any atom is 0.191 e. The largest absolute Gasteiger partial charge is 0.377 e. The summed E-state index contributed by atoms with van der Waals surface area (Å²) < 4.78 is 18.4. The van der Waals surface area contributed by atoms with E-state index in [2.05, 4.69) is 15.6 Å². The number of nitrogens with one attached hydrogen (secondary N) is 2. The Balaban J connectivity index is 2.63. The number of nitrogens with zero attached hydrogens (tertiary/aromatic N) is 1. The maximum absolute atomic E-state index is 13.1. The maximum atomic E-state index is 13.1. The number of rotatable bonds is 6.